The van der Waals surface area contributed by atoms with Crippen molar-refractivity contribution in [2.75, 3.05) is 18.4 Å². The number of hydrogen-bond acceptors (Lipinski definition) is 3. The van der Waals surface area contributed by atoms with E-state index in [1.807, 2.05) is 91.0 Å². The Bertz CT molecular complexity index is 1030. The van der Waals surface area contributed by atoms with E-state index in [1.54, 1.807) is 4.90 Å². The summed E-state index contributed by atoms with van der Waals surface area (Å²) >= 11 is 0. The van der Waals surface area contributed by atoms with Crippen LogP contribution in [0.2, 0.25) is 0 Å². The SMILES string of the molecule is O=C(NN=C(c1ccccc1)c1ccccc1)C1CCCN(C(=O)Nc2ccccc2)C1. The van der Waals surface area contributed by atoms with Crippen LogP contribution in [0.5, 0.6) is 0 Å². The van der Waals surface area contributed by atoms with E-state index in [2.05, 4.69) is 15.8 Å². The summed E-state index contributed by atoms with van der Waals surface area (Å²) in [6, 6.07) is 28.7. The molecule has 32 heavy (non-hydrogen) atoms. The predicted molar refractivity (Wildman–Crippen MR) is 126 cm³/mol. The van der Waals surface area contributed by atoms with Crippen LogP contribution in [-0.2, 0) is 4.79 Å². The summed E-state index contributed by atoms with van der Waals surface area (Å²) in [6.07, 6.45) is 1.50. The number of anilines is 1. The first-order chi connectivity index (χ1) is 15.7. The Hall–Kier alpha value is -3.93. The lowest BCUT2D eigenvalue weighted by molar-refractivity contribution is -0.126. The molecule has 1 heterocycles. The number of para-hydroxylation sites is 1. The molecule has 0 radical (unpaired) electrons. The number of carbonyl (C=O) groups is 2. The van der Waals surface area contributed by atoms with E-state index in [0.717, 1.165) is 29.7 Å². The standard InChI is InChI=1S/C26H26N4O2/c31-25(22-15-10-18-30(19-22)26(32)27-23-16-8-3-9-17-23)29-28-24(20-11-4-1-5-12-20)21-13-6-2-7-14-21/h1-9,11-14,16-17,22H,10,15,18-19H2,(H,27,32)(H,29,31). The first-order valence-electron chi connectivity index (χ1n) is 10.8. The van der Waals surface area contributed by atoms with Crippen molar-refractivity contribution in [3.8, 4) is 0 Å². The van der Waals surface area contributed by atoms with Crippen molar-refractivity contribution >= 4 is 23.3 Å². The molecule has 0 aromatic heterocycles. The number of nitrogens with one attached hydrogen (secondary N) is 2. The summed E-state index contributed by atoms with van der Waals surface area (Å²) in [5, 5.41) is 7.37. The number of piperidine rings is 1. The lowest BCUT2D eigenvalue weighted by Crippen LogP contribution is -2.46. The molecule has 1 atom stereocenters. The fourth-order valence-electron chi connectivity index (χ4n) is 3.79. The maximum atomic E-state index is 12.9. The summed E-state index contributed by atoms with van der Waals surface area (Å²) in [5.41, 5.74) is 6.04. The fourth-order valence-corrected chi connectivity index (χ4v) is 3.79. The third-order valence-electron chi connectivity index (χ3n) is 5.48. The van der Waals surface area contributed by atoms with E-state index in [4.69, 9.17) is 0 Å². The Labute approximate surface area is 188 Å². The smallest absolute Gasteiger partial charge is 0.321 e. The van der Waals surface area contributed by atoms with Gasteiger partial charge >= 0.3 is 6.03 Å². The largest absolute Gasteiger partial charge is 0.324 e. The molecule has 0 bridgehead atoms. The molecule has 4 rings (SSSR count). The number of likely N-dealkylation sites (tertiary alicyclic amines) is 1. The molecular formula is C26H26N4O2. The summed E-state index contributed by atoms with van der Waals surface area (Å²) in [5.74, 6) is -0.478. The van der Waals surface area contributed by atoms with Crippen molar-refractivity contribution < 1.29 is 9.59 Å². The van der Waals surface area contributed by atoms with Crippen molar-refractivity contribution in [2.24, 2.45) is 11.0 Å². The van der Waals surface area contributed by atoms with Gasteiger partial charge in [-0.3, -0.25) is 4.79 Å². The van der Waals surface area contributed by atoms with Crippen LogP contribution in [0.1, 0.15) is 24.0 Å². The highest BCUT2D eigenvalue weighted by molar-refractivity contribution is 6.13. The maximum absolute atomic E-state index is 12.9. The van der Waals surface area contributed by atoms with Crippen LogP contribution in [0, 0.1) is 5.92 Å². The van der Waals surface area contributed by atoms with Crippen molar-refractivity contribution in [2.45, 2.75) is 12.8 Å². The minimum absolute atomic E-state index is 0.174. The number of hydrogen-bond donors (Lipinski definition) is 2. The zero-order valence-corrected chi connectivity index (χ0v) is 17.8. The van der Waals surface area contributed by atoms with Crippen LogP contribution in [0.3, 0.4) is 0 Å². The van der Waals surface area contributed by atoms with Crippen LogP contribution in [0.25, 0.3) is 0 Å². The molecule has 2 N–H and O–H groups in total. The molecule has 1 aliphatic rings. The van der Waals surface area contributed by atoms with Gasteiger partial charge in [0.15, 0.2) is 0 Å². The zero-order chi connectivity index (χ0) is 22.2. The summed E-state index contributed by atoms with van der Waals surface area (Å²) < 4.78 is 0. The second kappa shape index (κ2) is 10.4. The first-order valence-corrected chi connectivity index (χ1v) is 10.8. The quantitative estimate of drug-likeness (QED) is 0.466. The van der Waals surface area contributed by atoms with E-state index in [0.29, 0.717) is 18.8 Å². The van der Waals surface area contributed by atoms with E-state index in [9.17, 15) is 9.59 Å². The van der Waals surface area contributed by atoms with Gasteiger partial charge in [-0.1, -0.05) is 78.9 Å². The lowest BCUT2D eigenvalue weighted by atomic mass is 9.97. The molecule has 1 saturated heterocycles. The van der Waals surface area contributed by atoms with Crippen LogP contribution in [-0.4, -0.2) is 35.6 Å². The molecule has 162 valence electrons. The van der Waals surface area contributed by atoms with Gasteiger partial charge in [-0.2, -0.15) is 5.10 Å². The van der Waals surface area contributed by atoms with E-state index >= 15 is 0 Å². The number of carbonyl (C=O) groups excluding carboxylic acids is 2. The molecule has 1 aliphatic heterocycles. The molecular weight excluding hydrogens is 400 g/mol. The van der Waals surface area contributed by atoms with E-state index < -0.39 is 0 Å². The second-order valence-electron chi connectivity index (χ2n) is 7.75. The van der Waals surface area contributed by atoms with Gasteiger partial charge < -0.3 is 10.2 Å². The average molecular weight is 427 g/mol. The van der Waals surface area contributed by atoms with Crippen LogP contribution < -0.4 is 10.7 Å². The number of rotatable bonds is 5. The van der Waals surface area contributed by atoms with Gasteiger partial charge in [-0.25, -0.2) is 10.2 Å². The monoisotopic (exact) mass is 426 g/mol. The third-order valence-corrected chi connectivity index (χ3v) is 5.48. The zero-order valence-electron chi connectivity index (χ0n) is 17.8. The number of hydrazone groups is 1. The first kappa shape index (κ1) is 21.3. The highest BCUT2D eigenvalue weighted by atomic mass is 16.2. The van der Waals surface area contributed by atoms with Gasteiger partial charge in [0.25, 0.3) is 0 Å². The minimum Gasteiger partial charge on any atom is -0.324 e. The van der Waals surface area contributed by atoms with E-state index in [-0.39, 0.29) is 17.9 Å². The highest BCUT2D eigenvalue weighted by Crippen LogP contribution is 2.18. The topological polar surface area (TPSA) is 73.8 Å². The predicted octanol–water partition coefficient (Wildman–Crippen LogP) is 4.50. The molecule has 3 aromatic rings. The van der Waals surface area contributed by atoms with E-state index in [1.165, 1.54) is 0 Å². The lowest BCUT2D eigenvalue weighted by Gasteiger charge is -2.31. The fraction of sp³-hybridized carbons (Fsp3) is 0.192. The van der Waals surface area contributed by atoms with Crippen molar-refractivity contribution in [3.63, 3.8) is 0 Å². The molecule has 6 nitrogen and oxygen atoms in total. The number of amides is 3. The van der Waals surface area contributed by atoms with Crippen molar-refractivity contribution in [1.82, 2.24) is 10.3 Å². The Kier molecular flexibility index (Phi) is 6.92. The van der Waals surface area contributed by atoms with Gasteiger partial charge in [-0.05, 0) is 25.0 Å². The normalized spacial score (nSPS) is 15.5. The van der Waals surface area contributed by atoms with Gasteiger partial charge in [-0.15, -0.1) is 0 Å². The number of benzene rings is 3. The Morgan fingerprint density at radius 1 is 0.812 bits per heavy atom. The molecule has 3 aromatic carbocycles. The number of nitrogens with zero attached hydrogens (tertiary/aromatic N) is 2. The van der Waals surface area contributed by atoms with Gasteiger partial charge in [0.05, 0.1) is 11.6 Å². The average Bonchev–Trinajstić information content (AvgIpc) is 2.86. The highest BCUT2D eigenvalue weighted by Gasteiger charge is 2.28. The van der Waals surface area contributed by atoms with Crippen LogP contribution >= 0.6 is 0 Å². The molecule has 1 fully saturated rings. The van der Waals surface area contributed by atoms with Gasteiger partial charge in [0.1, 0.15) is 0 Å². The molecule has 3 amide bonds. The second-order valence-corrected chi connectivity index (χ2v) is 7.75. The van der Waals surface area contributed by atoms with Crippen LogP contribution in [0.4, 0.5) is 10.5 Å². The van der Waals surface area contributed by atoms with Gasteiger partial charge in [0.2, 0.25) is 5.91 Å². The number of urea groups is 1. The molecule has 0 spiro atoms. The Morgan fingerprint density at radius 2 is 1.38 bits per heavy atom. The maximum Gasteiger partial charge on any atom is 0.321 e. The molecule has 0 saturated carbocycles. The third kappa shape index (κ3) is 5.40. The van der Waals surface area contributed by atoms with Gasteiger partial charge in [0, 0.05) is 29.9 Å². The van der Waals surface area contributed by atoms with Crippen molar-refractivity contribution in [3.05, 3.63) is 102 Å². The minimum atomic E-state index is -0.304. The van der Waals surface area contributed by atoms with Crippen molar-refractivity contribution in [1.29, 1.82) is 0 Å². The van der Waals surface area contributed by atoms with Crippen LogP contribution in [0.15, 0.2) is 96.1 Å². The Balaban J connectivity index is 1.44. The molecule has 6 heteroatoms. The summed E-state index contributed by atoms with van der Waals surface area (Å²) in [7, 11) is 0. The summed E-state index contributed by atoms with van der Waals surface area (Å²) in [6.45, 7) is 0.997. The molecule has 0 aliphatic carbocycles. The summed E-state index contributed by atoms with van der Waals surface area (Å²) in [4.78, 5) is 27.2. The molecule has 1 unspecified atom stereocenters. The Morgan fingerprint density at radius 3 is 1.97 bits per heavy atom.